The molecule has 16 heavy (non-hydrogen) atoms. The molecule has 0 amide bonds. The molecule has 1 N–H and O–H groups in total. The van der Waals surface area contributed by atoms with Crippen molar-refractivity contribution in [2.45, 2.75) is 45.6 Å². The van der Waals surface area contributed by atoms with Gasteiger partial charge in [0.25, 0.3) is 0 Å². The lowest BCUT2D eigenvalue weighted by Crippen LogP contribution is -2.15. The number of aromatic nitrogens is 3. The number of aryl methyl sites for hydroxylation is 1. The maximum absolute atomic E-state index is 4.39. The van der Waals surface area contributed by atoms with Crippen LogP contribution in [-0.2, 0) is 13.0 Å². The Morgan fingerprint density at radius 3 is 3.25 bits per heavy atom. The van der Waals surface area contributed by atoms with Crippen molar-refractivity contribution >= 4 is 0 Å². The molecular weight excluding hydrogens is 200 g/mol. The summed E-state index contributed by atoms with van der Waals surface area (Å²) in [6.07, 6.45) is 7.82. The van der Waals surface area contributed by atoms with Crippen molar-refractivity contribution in [3.05, 3.63) is 12.2 Å². The molecule has 2 rings (SSSR count). The summed E-state index contributed by atoms with van der Waals surface area (Å²) in [6, 6.07) is 0. The van der Waals surface area contributed by atoms with E-state index in [4.69, 9.17) is 0 Å². The first-order valence-electron chi connectivity index (χ1n) is 6.47. The summed E-state index contributed by atoms with van der Waals surface area (Å²) >= 11 is 0. The van der Waals surface area contributed by atoms with Crippen molar-refractivity contribution in [2.75, 3.05) is 13.1 Å². The van der Waals surface area contributed by atoms with Crippen LogP contribution in [0.4, 0.5) is 0 Å². The lowest BCUT2D eigenvalue weighted by Gasteiger charge is -2.13. The van der Waals surface area contributed by atoms with Gasteiger partial charge in [0.1, 0.15) is 12.2 Å². The number of hydrogen-bond donors (Lipinski definition) is 1. The lowest BCUT2D eigenvalue weighted by molar-refractivity contribution is 0.439. The Labute approximate surface area is 97.5 Å². The van der Waals surface area contributed by atoms with Crippen molar-refractivity contribution in [1.82, 2.24) is 20.1 Å². The topological polar surface area (TPSA) is 42.7 Å². The molecule has 4 nitrogen and oxygen atoms in total. The highest BCUT2D eigenvalue weighted by Gasteiger charge is 2.15. The van der Waals surface area contributed by atoms with Crippen LogP contribution in [0, 0.1) is 5.92 Å². The maximum atomic E-state index is 4.39. The van der Waals surface area contributed by atoms with Gasteiger partial charge in [-0.25, -0.2) is 4.98 Å². The first kappa shape index (κ1) is 11.6. The van der Waals surface area contributed by atoms with Crippen molar-refractivity contribution in [3.63, 3.8) is 0 Å². The molecule has 2 heterocycles. The Morgan fingerprint density at radius 2 is 2.38 bits per heavy atom. The van der Waals surface area contributed by atoms with Gasteiger partial charge >= 0.3 is 0 Å². The molecule has 1 aliphatic heterocycles. The lowest BCUT2D eigenvalue weighted by atomic mass is 9.96. The number of hydrogen-bond acceptors (Lipinski definition) is 3. The normalized spacial score (nSPS) is 21.9. The van der Waals surface area contributed by atoms with Gasteiger partial charge in [-0.1, -0.05) is 6.92 Å². The van der Waals surface area contributed by atoms with E-state index in [-0.39, 0.29) is 0 Å². The van der Waals surface area contributed by atoms with Crippen molar-refractivity contribution in [2.24, 2.45) is 5.92 Å². The molecule has 90 valence electrons. The summed E-state index contributed by atoms with van der Waals surface area (Å²) in [4.78, 5) is 4.39. The molecule has 1 aromatic rings. The van der Waals surface area contributed by atoms with Gasteiger partial charge in [0, 0.05) is 13.0 Å². The van der Waals surface area contributed by atoms with E-state index in [0.717, 1.165) is 31.8 Å². The SMILES string of the molecule is CCCn1ncnc1CC1CCCNCC1. The van der Waals surface area contributed by atoms with Crippen LogP contribution in [0.25, 0.3) is 0 Å². The highest BCUT2D eigenvalue weighted by molar-refractivity contribution is 4.88. The van der Waals surface area contributed by atoms with Gasteiger partial charge in [-0.15, -0.1) is 0 Å². The van der Waals surface area contributed by atoms with Crippen LogP contribution in [0.3, 0.4) is 0 Å². The first-order valence-corrected chi connectivity index (χ1v) is 6.47. The molecule has 1 aromatic heterocycles. The second kappa shape index (κ2) is 5.99. The summed E-state index contributed by atoms with van der Waals surface area (Å²) in [6.45, 7) is 5.52. The van der Waals surface area contributed by atoms with E-state index in [0.29, 0.717) is 0 Å². The zero-order valence-corrected chi connectivity index (χ0v) is 10.2. The van der Waals surface area contributed by atoms with Gasteiger partial charge in [-0.05, 0) is 44.7 Å². The minimum atomic E-state index is 0.787. The Kier molecular flexibility index (Phi) is 4.34. The fourth-order valence-electron chi connectivity index (χ4n) is 2.40. The number of rotatable bonds is 4. The van der Waals surface area contributed by atoms with Gasteiger partial charge < -0.3 is 5.32 Å². The number of nitrogens with zero attached hydrogens (tertiary/aromatic N) is 3. The van der Waals surface area contributed by atoms with E-state index in [1.807, 2.05) is 0 Å². The second-order valence-electron chi connectivity index (χ2n) is 4.65. The summed E-state index contributed by atoms with van der Waals surface area (Å²) in [5.74, 6) is 1.96. The van der Waals surface area contributed by atoms with E-state index in [2.05, 4.69) is 27.0 Å². The van der Waals surface area contributed by atoms with E-state index in [9.17, 15) is 0 Å². The summed E-state index contributed by atoms with van der Waals surface area (Å²) in [5, 5.41) is 7.74. The smallest absolute Gasteiger partial charge is 0.138 e. The fourth-order valence-corrected chi connectivity index (χ4v) is 2.40. The summed E-state index contributed by atoms with van der Waals surface area (Å²) < 4.78 is 2.07. The molecule has 4 heteroatoms. The highest BCUT2D eigenvalue weighted by Crippen LogP contribution is 2.18. The summed E-state index contributed by atoms with van der Waals surface area (Å²) in [7, 11) is 0. The van der Waals surface area contributed by atoms with Crippen LogP contribution in [0.1, 0.15) is 38.4 Å². The van der Waals surface area contributed by atoms with Gasteiger partial charge in [-0.3, -0.25) is 4.68 Å². The van der Waals surface area contributed by atoms with E-state index < -0.39 is 0 Å². The zero-order valence-electron chi connectivity index (χ0n) is 10.2. The predicted octanol–water partition coefficient (Wildman–Crippen LogP) is 1.62. The second-order valence-corrected chi connectivity index (χ2v) is 4.65. The Morgan fingerprint density at radius 1 is 1.44 bits per heavy atom. The molecule has 0 aliphatic carbocycles. The molecule has 0 bridgehead atoms. The van der Waals surface area contributed by atoms with E-state index >= 15 is 0 Å². The Balaban J connectivity index is 1.93. The third-order valence-electron chi connectivity index (χ3n) is 3.30. The van der Waals surface area contributed by atoms with Crippen LogP contribution >= 0.6 is 0 Å². The summed E-state index contributed by atoms with van der Waals surface area (Å²) in [5.41, 5.74) is 0. The molecule has 0 saturated carbocycles. The third kappa shape index (κ3) is 3.04. The molecule has 0 aromatic carbocycles. The molecule has 1 unspecified atom stereocenters. The number of nitrogens with one attached hydrogen (secondary N) is 1. The standard InChI is InChI=1S/C12H22N4/c1-2-8-16-12(14-10-15-16)9-11-4-3-6-13-7-5-11/h10-11,13H,2-9H2,1H3. The Bertz CT molecular complexity index is 300. The van der Waals surface area contributed by atoms with Gasteiger partial charge in [0.2, 0.25) is 0 Å². The van der Waals surface area contributed by atoms with Crippen LogP contribution in [0.5, 0.6) is 0 Å². The monoisotopic (exact) mass is 222 g/mol. The van der Waals surface area contributed by atoms with Crippen LogP contribution in [0.15, 0.2) is 6.33 Å². The average molecular weight is 222 g/mol. The first-order chi connectivity index (χ1) is 7.90. The van der Waals surface area contributed by atoms with E-state index in [1.165, 1.54) is 31.6 Å². The minimum absolute atomic E-state index is 0.787. The zero-order chi connectivity index (χ0) is 11.2. The van der Waals surface area contributed by atoms with Gasteiger partial charge in [-0.2, -0.15) is 5.10 Å². The largest absolute Gasteiger partial charge is 0.317 e. The molecule has 1 fully saturated rings. The van der Waals surface area contributed by atoms with Crippen LogP contribution in [-0.4, -0.2) is 27.9 Å². The van der Waals surface area contributed by atoms with Crippen molar-refractivity contribution in [3.8, 4) is 0 Å². The minimum Gasteiger partial charge on any atom is -0.317 e. The molecule has 1 saturated heterocycles. The van der Waals surface area contributed by atoms with Crippen molar-refractivity contribution in [1.29, 1.82) is 0 Å². The highest BCUT2D eigenvalue weighted by atomic mass is 15.3. The maximum Gasteiger partial charge on any atom is 0.138 e. The average Bonchev–Trinajstić information content (AvgIpc) is 2.56. The van der Waals surface area contributed by atoms with E-state index in [1.54, 1.807) is 6.33 Å². The quantitative estimate of drug-likeness (QED) is 0.842. The van der Waals surface area contributed by atoms with Crippen molar-refractivity contribution < 1.29 is 0 Å². The molecule has 0 radical (unpaired) electrons. The van der Waals surface area contributed by atoms with Gasteiger partial charge in [0.05, 0.1) is 0 Å². The molecule has 1 aliphatic rings. The molecule has 0 spiro atoms. The Hall–Kier alpha value is -0.900. The van der Waals surface area contributed by atoms with Crippen LogP contribution < -0.4 is 5.32 Å². The predicted molar refractivity (Wildman–Crippen MR) is 64.2 cm³/mol. The molecule has 1 atom stereocenters. The third-order valence-corrected chi connectivity index (χ3v) is 3.30. The van der Waals surface area contributed by atoms with Crippen LogP contribution in [0.2, 0.25) is 0 Å². The fraction of sp³-hybridized carbons (Fsp3) is 0.833. The van der Waals surface area contributed by atoms with Gasteiger partial charge in [0.15, 0.2) is 0 Å². The molecular formula is C12H22N4.